The molecule has 0 aliphatic carbocycles. The van der Waals surface area contributed by atoms with E-state index in [1.54, 1.807) is 10.9 Å². The Morgan fingerprint density at radius 3 is 2.74 bits per heavy atom. The van der Waals surface area contributed by atoms with Crippen molar-refractivity contribution in [3.8, 4) is 11.1 Å². The molecule has 3 aromatic rings. The van der Waals surface area contributed by atoms with Gasteiger partial charge in [0.05, 0.1) is 23.6 Å². The van der Waals surface area contributed by atoms with Crippen molar-refractivity contribution in [1.29, 1.82) is 0 Å². The molecular formula is C27H37N7O. The van der Waals surface area contributed by atoms with Gasteiger partial charge in [-0.25, -0.2) is 4.68 Å². The van der Waals surface area contributed by atoms with Gasteiger partial charge in [-0.3, -0.25) is 9.78 Å². The maximum atomic E-state index is 12.6. The summed E-state index contributed by atoms with van der Waals surface area (Å²) >= 11 is 0. The highest BCUT2D eigenvalue weighted by Gasteiger charge is 2.21. The van der Waals surface area contributed by atoms with E-state index in [4.69, 9.17) is 0 Å². The molecule has 1 saturated heterocycles. The first-order chi connectivity index (χ1) is 16.8. The van der Waals surface area contributed by atoms with Crippen molar-refractivity contribution in [3.05, 3.63) is 59.7 Å². The van der Waals surface area contributed by atoms with Crippen molar-refractivity contribution in [3.63, 3.8) is 0 Å². The Kier molecular flexibility index (Phi) is 7.50. The van der Waals surface area contributed by atoms with Gasteiger partial charge in [0.15, 0.2) is 5.69 Å². The van der Waals surface area contributed by atoms with Crippen LogP contribution >= 0.6 is 0 Å². The van der Waals surface area contributed by atoms with Gasteiger partial charge >= 0.3 is 0 Å². The predicted octanol–water partition coefficient (Wildman–Crippen LogP) is 3.91. The number of nitrogens with one attached hydrogen (secondary N) is 2. The number of benzene rings is 1. The van der Waals surface area contributed by atoms with Crippen molar-refractivity contribution in [1.82, 2.24) is 30.6 Å². The van der Waals surface area contributed by atoms with Crippen molar-refractivity contribution in [2.24, 2.45) is 0 Å². The second-order valence-electron chi connectivity index (χ2n) is 10.4. The van der Waals surface area contributed by atoms with Crippen LogP contribution in [0, 0.1) is 6.92 Å². The smallest absolute Gasteiger partial charge is 0.273 e. The summed E-state index contributed by atoms with van der Waals surface area (Å²) in [4.78, 5) is 19.5. The highest BCUT2D eigenvalue weighted by atomic mass is 16.2. The quantitative estimate of drug-likeness (QED) is 0.562. The number of carbonyl (C=O) groups excluding carboxylic acids is 1. The average molecular weight is 476 g/mol. The number of carbonyl (C=O) groups is 1. The minimum atomic E-state index is -0.222. The average Bonchev–Trinajstić information content (AvgIpc) is 3.23. The maximum absolute atomic E-state index is 12.6. The first-order valence-electron chi connectivity index (χ1n) is 12.4. The van der Waals surface area contributed by atoms with Gasteiger partial charge in [0.1, 0.15) is 0 Å². The molecule has 1 aliphatic heterocycles. The summed E-state index contributed by atoms with van der Waals surface area (Å²) < 4.78 is 1.71. The van der Waals surface area contributed by atoms with Crippen LogP contribution in [0.3, 0.4) is 0 Å². The minimum absolute atomic E-state index is 0.217. The molecular weight excluding hydrogens is 438 g/mol. The summed E-state index contributed by atoms with van der Waals surface area (Å²) in [5, 5.41) is 14.5. The molecule has 0 saturated carbocycles. The summed E-state index contributed by atoms with van der Waals surface area (Å²) in [5.74, 6) is -0.222. The summed E-state index contributed by atoms with van der Waals surface area (Å²) in [6.07, 6.45) is 9.17. The van der Waals surface area contributed by atoms with E-state index in [2.05, 4.69) is 62.0 Å². The molecule has 8 heteroatoms. The topological polar surface area (TPSA) is 88.0 Å². The Morgan fingerprint density at radius 2 is 2.03 bits per heavy atom. The largest absolute Gasteiger partial charge is 0.368 e. The number of aromatic nitrogens is 4. The summed E-state index contributed by atoms with van der Waals surface area (Å²) in [7, 11) is 2.05. The van der Waals surface area contributed by atoms with Crippen LogP contribution in [-0.4, -0.2) is 52.1 Å². The monoisotopic (exact) mass is 475 g/mol. The lowest BCUT2D eigenvalue weighted by Crippen LogP contribution is -2.38. The zero-order chi connectivity index (χ0) is 25.0. The molecule has 0 radical (unpaired) electrons. The SMILES string of the molecule is CNC1CCCCN(c2cnccc2-c2ccc(CNC(=O)c3cn(C(C)(C)C)nn3)c(C)c2)C1. The number of nitrogens with zero attached hydrogens (tertiary/aromatic N) is 5. The number of hydrogen-bond acceptors (Lipinski definition) is 6. The molecule has 0 spiro atoms. The zero-order valence-electron chi connectivity index (χ0n) is 21.5. The third-order valence-corrected chi connectivity index (χ3v) is 6.73. The molecule has 1 aromatic carbocycles. The first kappa shape index (κ1) is 24.9. The van der Waals surface area contributed by atoms with Gasteiger partial charge in [0.25, 0.3) is 5.91 Å². The highest BCUT2D eigenvalue weighted by Crippen LogP contribution is 2.32. The Bertz CT molecular complexity index is 1160. The predicted molar refractivity (Wildman–Crippen MR) is 140 cm³/mol. The normalized spacial score (nSPS) is 16.7. The summed E-state index contributed by atoms with van der Waals surface area (Å²) in [5.41, 5.74) is 5.84. The molecule has 1 unspecified atom stereocenters. The lowest BCUT2D eigenvalue weighted by molar-refractivity contribution is 0.0945. The summed E-state index contributed by atoms with van der Waals surface area (Å²) in [6.45, 7) is 10.6. The van der Waals surface area contributed by atoms with Gasteiger partial charge in [0.2, 0.25) is 0 Å². The van der Waals surface area contributed by atoms with Gasteiger partial charge in [0, 0.05) is 37.4 Å². The lowest BCUT2D eigenvalue weighted by Gasteiger charge is -2.28. The maximum Gasteiger partial charge on any atom is 0.273 e. The van der Waals surface area contributed by atoms with E-state index in [1.807, 2.05) is 40.2 Å². The van der Waals surface area contributed by atoms with Gasteiger partial charge in [-0.05, 0) is 70.3 Å². The molecule has 8 nitrogen and oxygen atoms in total. The number of rotatable bonds is 6. The number of hydrogen-bond donors (Lipinski definition) is 2. The Labute approximate surface area is 208 Å². The summed E-state index contributed by atoms with van der Waals surface area (Å²) in [6, 6.07) is 9.02. The Hall–Kier alpha value is -3.26. The fourth-order valence-electron chi connectivity index (χ4n) is 4.50. The fourth-order valence-corrected chi connectivity index (χ4v) is 4.50. The Balaban J connectivity index is 1.49. The number of likely N-dealkylation sites (N-methyl/N-ethyl adjacent to an activating group) is 1. The van der Waals surface area contributed by atoms with E-state index >= 15 is 0 Å². The third kappa shape index (κ3) is 5.88. The van der Waals surface area contributed by atoms with E-state index in [-0.39, 0.29) is 11.4 Å². The molecule has 186 valence electrons. The first-order valence-corrected chi connectivity index (χ1v) is 12.4. The molecule has 35 heavy (non-hydrogen) atoms. The van der Waals surface area contributed by atoms with Crippen LogP contribution in [0.1, 0.15) is 61.6 Å². The van der Waals surface area contributed by atoms with E-state index in [9.17, 15) is 4.79 Å². The molecule has 2 aromatic heterocycles. The van der Waals surface area contributed by atoms with E-state index in [1.165, 1.54) is 30.5 Å². The number of anilines is 1. The molecule has 1 aliphatic rings. The van der Waals surface area contributed by atoms with E-state index < -0.39 is 0 Å². The van der Waals surface area contributed by atoms with E-state index in [0.717, 1.165) is 29.8 Å². The van der Waals surface area contributed by atoms with Gasteiger partial charge in [-0.15, -0.1) is 5.10 Å². The molecule has 1 fully saturated rings. The molecule has 1 atom stereocenters. The van der Waals surface area contributed by atoms with Gasteiger partial charge < -0.3 is 15.5 Å². The van der Waals surface area contributed by atoms with Crippen LogP contribution in [-0.2, 0) is 12.1 Å². The number of aryl methyl sites for hydroxylation is 1. The molecule has 1 amide bonds. The van der Waals surface area contributed by atoms with Crippen molar-refractivity contribution < 1.29 is 4.79 Å². The number of pyridine rings is 1. The van der Waals surface area contributed by atoms with Crippen LogP contribution in [0.2, 0.25) is 0 Å². The molecule has 0 bridgehead atoms. The van der Waals surface area contributed by atoms with Crippen molar-refractivity contribution in [2.75, 3.05) is 25.0 Å². The van der Waals surface area contributed by atoms with Gasteiger partial charge in [-0.1, -0.05) is 29.8 Å². The van der Waals surface area contributed by atoms with Gasteiger partial charge in [-0.2, -0.15) is 0 Å². The van der Waals surface area contributed by atoms with Crippen LogP contribution in [0.4, 0.5) is 5.69 Å². The van der Waals surface area contributed by atoms with E-state index in [0.29, 0.717) is 18.3 Å². The minimum Gasteiger partial charge on any atom is -0.368 e. The van der Waals surface area contributed by atoms with Crippen LogP contribution in [0.5, 0.6) is 0 Å². The third-order valence-electron chi connectivity index (χ3n) is 6.73. The fraction of sp³-hybridized carbons (Fsp3) is 0.481. The standard InChI is InChI=1S/C27H37N7O/c1-19-14-20(23-11-12-29-16-25(23)33-13-7-6-8-22(17-33)28-5)9-10-21(19)15-30-26(35)24-18-34(32-31-24)27(2,3)4/h9-12,14,16,18,22,28H,6-8,13,15,17H2,1-5H3,(H,30,35). The van der Waals surface area contributed by atoms with Crippen molar-refractivity contribution >= 4 is 11.6 Å². The Morgan fingerprint density at radius 1 is 1.20 bits per heavy atom. The highest BCUT2D eigenvalue weighted by molar-refractivity contribution is 5.91. The second-order valence-corrected chi connectivity index (χ2v) is 10.4. The zero-order valence-corrected chi connectivity index (χ0v) is 21.5. The molecule has 4 rings (SSSR count). The number of amides is 1. The molecule has 2 N–H and O–H groups in total. The van der Waals surface area contributed by atoms with Crippen molar-refractivity contribution in [2.45, 2.75) is 65.1 Å². The van der Waals surface area contributed by atoms with Crippen LogP contribution < -0.4 is 15.5 Å². The van der Waals surface area contributed by atoms with Crippen LogP contribution in [0.25, 0.3) is 11.1 Å². The lowest BCUT2D eigenvalue weighted by atomic mass is 9.99. The molecule has 3 heterocycles. The van der Waals surface area contributed by atoms with Crippen LogP contribution in [0.15, 0.2) is 42.9 Å². The second kappa shape index (κ2) is 10.6.